The first-order valence-electron chi connectivity index (χ1n) is 4.39. The molecule has 0 saturated heterocycles. The van der Waals surface area contributed by atoms with Crippen molar-refractivity contribution < 1.29 is 4.74 Å². The van der Waals surface area contributed by atoms with Crippen LogP contribution in [0.25, 0.3) is 0 Å². The number of halogens is 2. The molecule has 0 N–H and O–H groups in total. The van der Waals surface area contributed by atoms with Crippen LogP contribution < -0.4 is 5.56 Å². The molecule has 0 aliphatic rings. The van der Waals surface area contributed by atoms with E-state index in [4.69, 9.17) is 4.74 Å². The van der Waals surface area contributed by atoms with Gasteiger partial charge in [-0.25, -0.2) is 0 Å². The van der Waals surface area contributed by atoms with E-state index in [-0.39, 0.29) is 5.56 Å². The van der Waals surface area contributed by atoms with E-state index in [9.17, 15) is 4.79 Å². The molecule has 0 aromatic carbocycles. The van der Waals surface area contributed by atoms with Crippen LogP contribution in [0.1, 0.15) is 0 Å². The Morgan fingerprint density at radius 2 is 2.13 bits per heavy atom. The highest BCUT2D eigenvalue weighted by molar-refractivity contribution is 9.11. The molecule has 1 heterocycles. The predicted octanol–water partition coefficient (Wildman–Crippen LogP) is 2.32. The standard InChI is InChI=1S/C9H11Br2NO2S/c10-7-5-8(11)9(13)12(6-7)1-2-14-3-4-15/h5-6,15H,1-4H2. The van der Waals surface area contributed by atoms with Gasteiger partial charge in [-0.2, -0.15) is 12.6 Å². The summed E-state index contributed by atoms with van der Waals surface area (Å²) < 4.78 is 8.27. The van der Waals surface area contributed by atoms with Gasteiger partial charge in [-0.3, -0.25) is 4.79 Å². The first-order chi connectivity index (χ1) is 7.15. The Kier molecular flexibility index (Phi) is 5.96. The second kappa shape index (κ2) is 6.73. The molecule has 0 amide bonds. The summed E-state index contributed by atoms with van der Waals surface area (Å²) in [5.74, 6) is 0.692. The van der Waals surface area contributed by atoms with Crippen molar-refractivity contribution in [1.82, 2.24) is 4.57 Å². The smallest absolute Gasteiger partial charge is 0.264 e. The average molecular weight is 357 g/mol. The first-order valence-corrected chi connectivity index (χ1v) is 6.61. The zero-order valence-corrected chi connectivity index (χ0v) is 12.0. The molecule has 0 aliphatic carbocycles. The van der Waals surface area contributed by atoms with Crippen LogP contribution >= 0.6 is 44.5 Å². The van der Waals surface area contributed by atoms with Crippen LogP contribution in [-0.4, -0.2) is 23.5 Å². The van der Waals surface area contributed by atoms with Gasteiger partial charge in [0.2, 0.25) is 0 Å². The highest BCUT2D eigenvalue weighted by Crippen LogP contribution is 2.12. The third-order valence-corrected chi connectivity index (χ3v) is 2.91. The Bertz CT molecular complexity index is 381. The molecule has 0 atom stereocenters. The zero-order valence-electron chi connectivity index (χ0n) is 7.95. The fourth-order valence-corrected chi connectivity index (χ4v) is 2.45. The lowest BCUT2D eigenvalue weighted by Crippen LogP contribution is -2.22. The summed E-state index contributed by atoms with van der Waals surface area (Å²) in [6.45, 7) is 1.67. The lowest BCUT2D eigenvalue weighted by molar-refractivity contribution is 0.140. The van der Waals surface area contributed by atoms with Crippen LogP contribution in [0.15, 0.2) is 26.0 Å². The molecule has 3 nitrogen and oxygen atoms in total. The first kappa shape index (κ1) is 13.3. The summed E-state index contributed by atoms with van der Waals surface area (Å²) in [7, 11) is 0. The molecule has 1 rings (SSSR count). The van der Waals surface area contributed by atoms with Crippen LogP contribution in [0.3, 0.4) is 0 Å². The summed E-state index contributed by atoms with van der Waals surface area (Å²) in [4.78, 5) is 11.6. The van der Waals surface area contributed by atoms with E-state index in [2.05, 4.69) is 44.5 Å². The third kappa shape index (κ3) is 4.30. The van der Waals surface area contributed by atoms with Gasteiger partial charge in [0.05, 0.1) is 17.7 Å². The summed E-state index contributed by atoms with van der Waals surface area (Å²) in [5, 5.41) is 0. The van der Waals surface area contributed by atoms with E-state index in [0.29, 0.717) is 30.0 Å². The molecule has 0 radical (unpaired) electrons. The van der Waals surface area contributed by atoms with Crippen molar-refractivity contribution >= 4 is 44.5 Å². The minimum Gasteiger partial charge on any atom is -0.379 e. The Labute approximate surface area is 110 Å². The van der Waals surface area contributed by atoms with Crippen molar-refractivity contribution in [2.75, 3.05) is 19.0 Å². The molecule has 1 aromatic heterocycles. The predicted molar refractivity (Wildman–Crippen MR) is 70.8 cm³/mol. The number of nitrogens with zero attached hydrogens (tertiary/aromatic N) is 1. The molecule has 1 aromatic rings. The summed E-state index contributed by atoms with van der Waals surface area (Å²) >= 11 is 10.6. The van der Waals surface area contributed by atoms with Gasteiger partial charge in [0.1, 0.15) is 0 Å². The topological polar surface area (TPSA) is 31.2 Å². The Hall–Kier alpha value is 0.220. The minimum absolute atomic E-state index is 0.0485. The van der Waals surface area contributed by atoms with E-state index in [1.807, 2.05) is 0 Å². The SMILES string of the molecule is O=c1c(Br)cc(Br)cn1CCOCCS. The number of thiol groups is 1. The van der Waals surface area contributed by atoms with Crippen molar-refractivity contribution in [3.63, 3.8) is 0 Å². The maximum atomic E-state index is 11.6. The van der Waals surface area contributed by atoms with Gasteiger partial charge in [-0.05, 0) is 37.9 Å². The molecule has 0 saturated carbocycles. The van der Waals surface area contributed by atoms with E-state index in [1.54, 1.807) is 16.8 Å². The fraction of sp³-hybridized carbons (Fsp3) is 0.444. The molecular formula is C9H11Br2NO2S. The summed E-state index contributed by atoms with van der Waals surface area (Å²) in [6, 6.07) is 1.73. The number of pyridine rings is 1. The molecule has 0 aliphatic heterocycles. The molecular weight excluding hydrogens is 346 g/mol. The number of ether oxygens (including phenoxy) is 1. The summed E-state index contributed by atoms with van der Waals surface area (Å²) in [5.41, 5.74) is -0.0485. The van der Waals surface area contributed by atoms with Gasteiger partial charge >= 0.3 is 0 Å². The quantitative estimate of drug-likeness (QED) is 0.648. The Morgan fingerprint density at radius 3 is 2.80 bits per heavy atom. The molecule has 0 spiro atoms. The number of rotatable bonds is 5. The lowest BCUT2D eigenvalue weighted by Gasteiger charge is -2.07. The number of hydrogen-bond donors (Lipinski definition) is 1. The minimum atomic E-state index is -0.0485. The molecule has 84 valence electrons. The van der Waals surface area contributed by atoms with Gasteiger partial charge in [0, 0.05) is 23.0 Å². The largest absolute Gasteiger partial charge is 0.379 e. The monoisotopic (exact) mass is 355 g/mol. The van der Waals surface area contributed by atoms with E-state index < -0.39 is 0 Å². The number of aromatic nitrogens is 1. The summed E-state index contributed by atoms with van der Waals surface area (Å²) in [6.07, 6.45) is 1.75. The van der Waals surface area contributed by atoms with Crippen molar-refractivity contribution in [2.24, 2.45) is 0 Å². The third-order valence-electron chi connectivity index (χ3n) is 1.72. The van der Waals surface area contributed by atoms with Crippen molar-refractivity contribution in [3.8, 4) is 0 Å². The number of hydrogen-bond acceptors (Lipinski definition) is 3. The van der Waals surface area contributed by atoms with Crippen LogP contribution in [-0.2, 0) is 11.3 Å². The molecule has 0 unspecified atom stereocenters. The van der Waals surface area contributed by atoms with E-state index >= 15 is 0 Å². The van der Waals surface area contributed by atoms with Gasteiger partial charge in [0.15, 0.2) is 0 Å². The highest BCUT2D eigenvalue weighted by atomic mass is 79.9. The van der Waals surface area contributed by atoms with Gasteiger partial charge in [-0.15, -0.1) is 0 Å². The van der Waals surface area contributed by atoms with E-state index in [1.165, 1.54) is 0 Å². The van der Waals surface area contributed by atoms with Gasteiger partial charge in [0.25, 0.3) is 5.56 Å². The second-order valence-electron chi connectivity index (χ2n) is 2.84. The van der Waals surface area contributed by atoms with Crippen molar-refractivity contribution in [2.45, 2.75) is 6.54 Å². The Balaban J connectivity index is 2.64. The second-order valence-corrected chi connectivity index (χ2v) is 5.06. The Morgan fingerprint density at radius 1 is 1.40 bits per heavy atom. The lowest BCUT2D eigenvalue weighted by atomic mass is 10.4. The highest BCUT2D eigenvalue weighted by Gasteiger charge is 2.02. The van der Waals surface area contributed by atoms with Crippen LogP contribution in [0.4, 0.5) is 0 Å². The van der Waals surface area contributed by atoms with Crippen molar-refractivity contribution in [1.29, 1.82) is 0 Å². The van der Waals surface area contributed by atoms with Crippen LogP contribution in [0.2, 0.25) is 0 Å². The van der Waals surface area contributed by atoms with Gasteiger partial charge < -0.3 is 9.30 Å². The van der Waals surface area contributed by atoms with E-state index in [0.717, 1.165) is 4.47 Å². The maximum Gasteiger partial charge on any atom is 0.264 e. The van der Waals surface area contributed by atoms with Crippen LogP contribution in [0, 0.1) is 0 Å². The normalized spacial score (nSPS) is 10.6. The zero-order chi connectivity index (χ0) is 11.3. The van der Waals surface area contributed by atoms with Crippen LogP contribution in [0.5, 0.6) is 0 Å². The average Bonchev–Trinajstić information content (AvgIpc) is 2.19. The molecule has 15 heavy (non-hydrogen) atoms. The maximum absolute atomic E-state index is 11.6. The molecule has 0 bridgehead atoms. The van der Waals surface area contributed by atoms with Gasteiger partial charge in [-0.1, -0.05) is 0 Å². The molecule has 6 heteroatoms. The fourth-order valence-electron chi connectivity index (χ4n) is 1.06. The molecule has 0 fully saturated rings. The van der Waals surface area contributed by atoms with Crippen molar-refractivity contribution in [3.05, 3.63) is 31.6 Å².